The summed E-state index contributed by atoms with van der Waals surface area (Å²) in [6, 6.07) is -0.988. The first-order valence-corrected chi connectivity index (χ1v) is 6.86. The normalized spacial score (nSPS) is 9.29. The zero-order chi connectivity index (χ0) is 16.0. The zero-order valence-electron chi connectivity index (χ0n) is 15.4. The Kier molecular flexibility index (Phi) is 104. The molecule has 2 atom stereocenters. The minimum absolute atomic E-state index is 0. The van der Waals surface area contributed by atoms with E-state index >= 15 is 0 Å². The van der Waals surface area contributed by atoms with Crippen molar-refractivity contribution in [2.45, 2.75) is 50.6 Å². The number of hydrogen-bond acceptors (Lipinski definition) is 6. The summed E-state index contributed by atoms with van der Waals surface area (Å²) in [6.07, 6.45) is 4.85. The zero-order valence-corrected chi connectivity index (χ0v) is 21.9. The highest BCUT2D eigenvalue weighted by molar-refractivity contribution is 5.86. The van der Waals surface area contributed by atoms with Gasteiger partial charge >= 0.3 is 0 Å². The van der Waals surface area contributed by atoms with Crippen molar-refractivity contribution in [1.29, 1.82) is 0 Å². The first-order chi connectivity index (χ1) is 9.36. The summed E-state index contributed by atoms with van der Waals surface area (Å²) in [6.45, 7) is 1.29. The van der Waals surface area contributed by atoms with E-state index in [-0.39, 0.29) is 99.3 Å². The SMILES string of the molecule is Cl.Cl.Cl.Cl.Cl.Cl.Cl.Cl.NCCCCC(N)C(N)=O.NCCCCC(N)C(N)=O. The highest BCUT2D eigenvalue weighted by Crippen LogP contribution is 1.96. The lowest BCUT2D eigenvalue weighted by Gasteiger charge is -2.04. The van der Waals surface area contributed by atoms with Crippen LogP contribution in [0, 0.1) is 0 Å². The minimum atomic E-state index is -0.494. The molecule has 0 aromatic heterocycles. The fourth-order valence-corrected chi connectivity index (χ4v) is 1.30. The van der Waals surface area contributed by atoms with Crippen molar-refractivity contribution in [1.82, 2.24) is 0 Å². The maximum absolute atomic E-state index is 10.4. The molecule has 12 N–H and O–H groups in total. The molecule has 0 fully saturated rings. The molecule has 0 aromatic carbocycles. The van der Waals surface area contributed by atoms with E-state index in [1.807, 2.05) is 0 Å². The van der Waals surface area contributed by atoms with Crippen LogP contribution in [0.2, 0.25) is 0 Å². The molecule has 0 aliphatic carbocycles. The summed E-state index contributed by atoms with van der Waals surface area (Å²) in [4.78, 5) is 20.7. The van der Waals surface area contributed by atoms with Gasteiger partial charge in [0.15, 0.2) is 0 Å². The van der Waals surface area contributed by atoms with Crippen LogP contribution in [0.1, 0.15) is 38.5 Å². The number of carbonyl (C=O) groups excluding carboxylic acids is 2. The van der Waals surface area contributed by atoms with Crippen LogP contribution in [0.4, 0.5) is 0 Å². The summed E-state index contributed by atoms with van der Waals surface area (Å²) in [5.74, 6) is -0.867. The molecule has 28 heavy (non-hydrogen) atoms. The maximum atomic E-state index is 10.4. The largest absolute Gasteiger partial charge is 0.368 e. The quantitative estimate of drug-likeness (QED) is 0.210. The lowest BCUT2D eigenvalue weighted by Crippen LogP contribution is -2.36. The van der Waals surface area contributed by atoms with Crippen molar-refractivity contribution in [3.63, 3.8) is 0 Å². The Balaban J connectivity index is -0.0000000225. The van der Waals surface area contributed by atoms with E-state index in [0.29, 0.717) is 25.9 Å². The summed E-state index contributed by atoms with van der Waals surface area (Å²) >= 11 is 0. The Morgan fingerprint density at radius 2 is 0.750 bits per heavy atom. The van der Waals surface area contributed by atoms with E-state index in [1.54, 1.807) is 0 Å². The number of halogens is 8. The van der Waals surface area contributed by atoms with Crippen molar-refractivity contribution in [3.8, 4) is 0 Å². The van der Waals surface area contributed by atoms with Gasteiger partial charge in [0.05, 0.1) is 12.1 Å². The third kappa shape index (κ3) is 50.6. The number of rotatable bonds is 10. The smallest absolute Gasteiger partial charge is 0.234 e. The van der Waals surface area contributed by atoms with Gasteiger partial charge in [0.1, 0.15) is 0 Å². The number of unbranched alkanes of at least 4 members (excludes halogenated alkanes) is 2. The van der Waals surface area contributed by atoms with E-state index in [0.717, 1.165) is 25.7 Å². The molecule has 0 heterocycles. The third-order valence-corrected chi connectivity index (χ3v) is 2.67. The maximum Gasteiger partial charge on any atom is 0.234 e. The second-order valence-electron chi connectivity index (χ2n) is 4.59. The highest BCUT2D eigenvalue weighted by Gasteiger charge is 2.07. The average molecular weight is 582 g/mol. The van der Waals surface area contributed by atoms with Gasteiger partial charge in [-0.1, -0.05) is 12.8 Å². The molecule has 0 radical (unpaired) electrons. The molecule has 0 rings (SSSR count). The molecule has 0 saturated carbocycles. The average Bonchev–Trinajstić information content (AvgIpc) is 2.39. The van der Waals surface area contributed by atoms with Crippen molar-refractivity contribution in [3.05, 3.63) is 0 Å². The van der Waals surface area contributed by atoms with E-state index in [4.69, 9.17) is 34.4 Å². The van der Waals surface area contributed by atoms with Crippen LogP contribution in [0.5, 0.6) is 0 Å². The molecule has 0 spiro atoms. The topological polar surface area (TPSA) is 190 Å². The lowest BCUT2D eigenvalue weighted by molar-refractivity contribution is -0.120. The summed E-state index contributed by atoms with van der Waals surface area (Å²) < 4.78 is 0. The van der Waals surface area contributed by atoms with E-state index in [9.17, 15) is 9.59 Å². The second kappa shape index (κ2) is 46.4. The fraction of sp³-hybridized carbons (Fsp3) is 0.833. The van der Waals surface area contributed by atoms with Crippen molar-refractivity contribution in [2.24, 2.45) is 34.4 Å². The van der Waals surface area contributed by atoms with Gasteiger partial charge in [-0.2, -0.15) is 0 Å². The van der Waals surface area contributed by atoms with Crippen LogP contribution in [0.25, 0.3) is 0 Å². The molecule has 8 nitrogen and oxygen atoms in total. The molecule has 2 unspecified atom stereocenters. The first kappa shape index (κ1) is 63.0. The van der Waals surface area contributed by atoms with Crippen LogP contribution < -0.4 is 34.4 Å². The molecular formula is C12H38Cl8N6O2. The molecule has 0 aromatic rings. The lowest BCUT2D eigenvalue weighted by atomic mass is 10.1. The number of primary amides is 2. The molecule has 0 aliphatic rings. The molecule has 0 saturated heterocycles. The van der Waals surface area contributed by atoms with E-state index in [2.05, 4.69) is 0 Å². The third-order valence-electron chi connectivity index (χ3n) is 2.67. The van der Waals surface area contributed by atoms with E-state index in [1.165, 1.54) is 0 Å². The minimum Gasteiger partial charge on any atom is -0.368 e. The monoisotopic (exact) mass is 578 g/mol. The number of nitrogens with two attached hydrogens (primary N) is 6. The molecule has 2 amide bonds. The molecule has 0 bridgehead atoms. The van der Waals surface area contributed by atoms with Gasteiger partial charge in [0.2, 0.25) is 11.8 Å². The van der Waals surface area contributed by atoms with Crippen molar-refractivity contribution in [2.75, 3.05) is 13.1 Å². The van der Waals surface area contributed by atoms with Crippen LogP contribution in [0.15, 0.2) is 0 Å². The van der Waals surface area contributed by atoms with Crippen molar-refractivity contribution >= 4 is 111 Å². The first-order valence-electron chi connectivity index (χ1n) is 6.86. The molecule has 184 valence electrons. The van der Waals surface area contributed by atoms with Gasteiger partial charge in [-0.15, -0.1) is 99.3 Å². The van der Waals surface area contributed by atoms with Crippen LogP contribution in [0.3, 0.4) is 0 Å². The summed E-state index contributed by atoms with van der Waals surface area (Å²) in [5, 5.41) is 0. The van der Waals surface area contributed by atoms with Crippen molar-refractivity contribution < 1.29 is 9.59 Å². The molecular weight excluding hydrogens is 544 g/mol. The fourth-order valence-electron chi connectivity index (χ4n) is 1.30. The molecule has 0 aliphatic heterocycles. The van der Waals surface area contributed by atoms with Crippen LogP contribution >= 0.6 is 99.3 Å². The second-order valence-corrected chi connectivity index (χ2v) is 4.59. The Bertz CT molecular complexity index is 260. The Morgan fingerprint density at radius 1 is 0.536 bits per heavy atom. The van der Waals surface area contributed by atoms with Gasteiger partial charge in [-0.05, 0) is 38.8 Å². The standard InChI is InChI=1S/2C6H15N3O.8ClH/c2*7-4-2-1-3-5(8)6(9)10;;;;;;;;/h2*5H,1-4,7-8H2,(H2,9,10);8*1H. The number of hydrogen-bond donors (Lipinski definition) is 6. The van der Waals surface area contributed by atoms with Gasteiger partial charge in [-0.25, -0.2) is 0 Å². The summed E-state index contributed by atoms with van der Waals surface area (Å²) in [7, 11) is 0. The molecule has 16 heteroatoms. The number of carbonyl (C=O) groups is 2. The Labute approximate surface area is 217 Å². The number of amides is 2. The van der Waals surface area contributed by atoms with Gasteiger partial charge in [0, 0.05) is 0 Å². The van der Waals surface area contributed by atoms with Crippen LogP contribution in [-0.4, -0.2) is 37.0 Å². The van der Waals surface area contributed by atoms with Gasteiger partial charge < -0.3 is 34.4 Å². The Hall–Kier alpha value is 1.10. The van der Waals surface area contributed by atoms with Crippen LogP contribution in [-0.2, 0) is 9.59 Å². The predicted octanol–water partition coefficient (Wildman–Crippen LogP) is 1.23. The highest BCUT2D eigenvalue weighted by atomic mass is 35.5. The van der Waals surface area contributed by atoms with E-state index < -0.39 is 23.9 Å². The van der Waals surface area contributed by atoms with Gasteiger partial charge in [0.25, 0.3) is 0 Å². The predicted molar refractivity (Wildman–Crippen MR) is 138 cm³/mol. The Morgan fingerprint density at radius 3 is 0.893 bits per heavy atom. The summed E-state index contributed by atoms with van der Waals surface area (Å²) in [5.41, 5.74) is 31.0. The van der Waals surface area contributed by atoms with Gasteiger partial charge in [-0.3, -0.25) is 9.59 Å².